The van der Waals surface area contributed by atoms with Gasteiger partial charge in [-0.3, -0.25) is 0 Å². The van der Waals surface area contributed by atoms with Gasteiger partial charge in [0.1, 0.15) is 0 Å². The number of unbranched alkanes of at least 4 members (excludes halogenated alkanes) is 8. The number of rotatable bonds is 14. The molecular weight excluding hydrogens is 330 g/mol. The summed E-state index contributed by atoms with van der Waals surface area (Å²) in [6, 6.07) is 0. The Labute approximate surface area is 157 Å². The first-order valence-corrected chi connectivity index (χ1v) is 12.5. The second-order valence-electron chi connectivity index (χ2n) is 8.69. The third-order valence-electron chi connectivity index (χ3n) is 6.48. The van der Waals surface area contributed by atoms with Crippen molar-refractivity contribution in [2.24, 2.45) is 5.41 Å². The second-order valence-corrected chi connectivity index (χ2v) is 10.9. The van der Waals surface area contributed by atoms with Crippen molar-refractivity contribution < 1.29 is 8.42 Å². The summed E-state index contributed by atoms with van der Waals surface area (Å²) >= 11 is 0. The van der Waals surface area contributed by atoms with Crippen LogP contribution in [0.3, 0.4) is 0 Å². The molecule has 0 unspecified atom stereocenters. The Balaban J connectivity index is 1.80. The first-order chi connectivity index (χ1) is 12.0. The Kier molecular flexibility index (Phi) is 8.74. The van der Waals surface area contributed by atoms with E-state index in [1.54, 1.807) is 0 Å². The van der Waals surface area contributed by atoms with Crippen molar-refractivity contribution in [2.45, 2.75) is 115 Å². The van der Waals surface area contributed by atoms with E-state index in [2.05, 4.69) is 13.8 Å². The lowest BCUT2D eigenvalue weighted by molar-refractivity contribution is -0.00865. The van der Waals surface area contributed by atoms with E-state index < -0.39 is 10.0 Å². The van der Waals surface area contributed by atoms with E-state index in [-0.39, 0.29) is 5.25 Å². The predicted molar refractivity (Wildman–Crippen MR) is 107 cm³/mol. The zero-order chi connectivity index (χ0) is 18.2. The molecular formula is C21H41NO2S. The normalized spacial score (nSPS) is 20.0. The van der Waals surface area contributed by atoms with Crippen molar-refractivity contribution in [3.05, 3.63) is 0 Å². The summed E-state index contributed by atoms with van der Waals surface area (Å²) in [5.74, 6) is 0. The Hall–Kier alpha value is -0.0900. The van der Waals surface area contributed by atoms with Crippen LogP contribution in [0, 0.1) is 5.41 Å². The molecule has 1 aliphatic heterocycles. The van der Waals surface area contributed by atoms with Crippen molar-refractivity contribution in [3.63, 3.8) is 0 Å². The molecule has 3 nitrogen and oxygen atoms in total. The van der Waals surface area contributed by atoms with Crippen molar-refractivity contribution in [2.75, 3.05) is 13.1 Å². The molecule has 0 bridgehead atoms. The van der Waals surface area contributed by atoms with Crippen molar-refractivity contribution in [3.8, 4) is 0 Å². The van der Waals surface area contributed by atoms with E-state index in [0.29, 0.717) is 5.41 Å². The van der Waals surface area contributed by atoms with Crippen LogP contribution < -0.4 is 0 Å². The number of nitrogens with zero attached hydrogens (tertiary/aromatic N) is 1. The lowest BCUT2D eigenvalue weighted by Gasteiger charge is -2.55. The molecule has 0 aromatic heterocycles. The highest BCUT2D eigenvalue weighted by Crippen LogP contribution is 2.49. The molecule has 0 N–H and O–H groups in total. The van der Waals surface area contributed by atoms with E-state index in [1.807, 2.05) is 4.31 Å². The van der Waals surface area contributed by atoms with Gasteiger partial charge in [0.15, 0.2) is 0 Å². The van der Waals surface area contributed by atoms with Crippen molar-refractivity contribution in [1.82, 2.24) is 4.31 Å². The van der Waals surface area contributed by atoms with Crippen LogP contribution in [0.15, 0.2) is 0 Å². The SMILES string of the molecule is CCCCCCCC(CCCCCCC)S(=O)(=O)N1CC2(CCC2)C1. The summed E-state index contributed by atoms with van der Waals surface area (Å²) in [7, 11) is -3.06. The van der Waals surface area contributed by atoms with Gasteiger partial charge >= 0.3 is 0 Å². The van der Waals surface area contributed by atoms with Crippen LogP contribution >= 0.6 is 0 Å². The molecule has 148 valence electrons. The van der Waals surface area contributed by atoms with Gasteiger partial charge < -0.3 is 0 Å². The molecule has 1 aliphatic carbocycles. The van der Waals surface area contributed by atoms with Crippen LogP contribution in [0.1, 0.15) is 110 Å². The number of hydrogen-bond donors (Lipinski definition) is 0. The van der Waals surface area contributed by atoms with Gasteiger partial charge in [0, 0.05) is 13.1 Å². The Morgan fingerprint density at radius 1 is 0.800 bits per heavy atom. The second kappa shape index (κ2) is 10.3. The largest absolute Gasteiger partial charge is 0.217 e. The molecule has 2 aliphatic rings. The highest BCUT2D eigenvalue weighted by atomic mass is 32.2. The van der Waals surface area contributed by atoms with Gasteiger partial charge in [0.25, 0.3) is 0 Å². The van der Waals surface area contributed by atoms with Crippen molar-refractivity contribution in [1.29, 1.82) is 0 Å². The summed E-state index contributed by atoms with van der Waals surface area (Å²) in [5, 5.41) is -0.117. The minimum atomic E-state index is -3.06. The smallest absolute Gasteiger partial charge is 0.212 e. The van der Waals surface area contributed by atoms with Gasteiger partial charge in [-0.05, 0) is 31.1 Å². The molecule has 0 amide bonds. The van der Waals surface area contributed by atoms with Gasteiger partial charge in [-0.15, -0.1) is 0 Å². The van der Waals surface area contributed by atoms with E-state index in [1.165, 1.54) is 70.6 Å². The van der Waals surface area contributed by atoms with Gasteiger partial charge in [-0.25, -0.2) is 12.7 Å². The fourth-order valence-corrected chi connectivity index (χ4v) is 6.74. The molecule has 2 rings (SSSR count). The molecule has 2 fully saturated rings. The predicted octanol–water partition coefficient (Wildman–Crippen LogP) is 5.89. The zero-order valence-electron chi connectivity index (χ0n) is 16.8. The summed E-state index contributed by atoms with van der Waals surface area (Å²) < 4.78 is 28.0. The molecule has 1 spiro atoms. The maximum Gasteiger partial charge on any atom is 0.217 e. The Morgan fingerprint density at radius 2 is 1.28 bits per heavy atom. The maximum absolute atomic E-state index is 13.1. The fraction of sp³-hybridized carbons (Fsp3) is 1.00. The molecule has 1 saturated carbocycles. The number of sulfonamides is 1. The van der Waals surface area contributed by atoms with Gasteiger partial charge in [0.2, 0.25) is 10.0 Å². The minimum Gasteiger partial charge on any atom is -0.212 e. The van der Waals surface area contributed by atoms with E-state index >= 15 is 0 Å². The van der Waals surface area contributed by atoms with E-state index in [9.17, 15) is 8.42 Å². The molecule has 0 aromatic carbocycles. The van der Waals surface area contributed by atoms with Crippen molar-refractivity contribution >= 4 is 10.0 Å². The molecule has 0 radical (unpaired) electrons. The van der Waals surface area contributed by atoms with Gasteiger partial charge in [-0.1, -0.05) is 84.5 Å². The molecule has 1 saturated heterocycles. The standard InChI is InChI=1S/C21H41NO2S/c1-3-5-7-9-11-14-20(15-12-10-8-6-4-2)25(23,24)22-18-21(19-22)16-13-17-21/h20H,3-19H2,1-2H3. The van der Waals surface area contributed by atoms with Gasteiger partial charge in [0.05, 0.1) is 5.25 Å². The van der Waals surface area contributed by atoms with E-state index in [0.717, 1.165) is 38.8 Å². The Morgan fingerprint density at radius 3 is 1.68 bits per heavy atom. The molecule has 0 atom stereocenters. The molecule has 1 heterocycles. The van der Waals surface area contributed by atoms with Crippen LogP contribution in [0.2, 0.25) is 0 Å². The highest BCUT2D eigenvalue weighted by Gasteiger charge is 2.52. The van der Waals surface area contributed by atoms with Crippen LogP contribution in [-0.2, 0) is 10.0 Å². The van der Waals surface area contributed by atoms with Gasteiger partial charge in [-0.2, -0.15) is 0 Å². The van der Waals surface area contributed by atoms with Crippen LogP contribution in [0.4, 0.5) is 0 Å². The molecule has 0 aromatic rings. The summed E-state index contributed by atoms with van der Waals surface area (Å²) in [6.07, 6.45) is 17.7. The first kappa shape index (κ1) is 21.2. The lowest BCUT2D eigenvalue weighted by atomic mass is 9.65. The summed E-state index contributed by atoms with van der Waals surface area (Å²) in [5.41, 5.74) is 0.389. The third kappa shape index (κ3) is 5.95. The molecule has 4 heteroatoms. The minimum absolute atomic E-state index is 0.117. The van der Waals surface area contributed by atoms with Crippen LogP contribution in [0.5, 0.6) is 0 Å². The summed E-state index contributed by atoms with van der Waals surface area (Å²) in [4.78, 5) is 0. The fourth-order valence-electron chi connectivity index (χ4n) is 4.48. The summed E-state index contributed by atoms with van der Waals surface area (Å²) in [6.45, 7) is 6.09. The average molecular weight is 372 g/mol. The quantitative estimate of drug-likeness (QED) is 0.357. The first-order valence-electron chi connectivity index (χ1n) is 11.0. The van der Waals surface area contributed by atoms with Crippen LogP contribution in [-0.4, -0.2) is 31.1 Å². The zero-order valence-corrected chi connectivity index (χ0v) is 17.6. The average Bonchev–Trinajstić information content (AvgIpc) is 2.49. The molecule has 25 heavy (non-hydrogen) atoms. The maximum atomic E-state index is 13.1. The third-order valence-corrected chi connectivity index (χ3v) is 8.77. The highest BCUT2D eigenvalue weighted by molar-refractivity contribution is 7.89. The lowest BCUT2D eigenvalue weighted by Crippen LogP contribution is -2.62. The van der Waals surface area contributed by atoms with E-state index in [4.69, 9.17) is 0 Å². The topological polar surface area (TPSA) is 37.4 Å². The van der Waals surface area contributed by atoms with Crippen LogP contribution in [0.25, 0.3) is 0 Å². The Bertz CT molecular complexity index is 448. The monoisotopic (exact) mass is 371 g/mol. The number of hydrogen-bond acceptors (Lipinski definition) is 2.